The van der Waals surface area contributed by atoms with Crippen LogP contribution < -0.4 is 10.6 Å². The summed E-state index contributed by atoms with van der Waals surface area (Å²) < 4.78 is 0. The van der Waals surface area contributed by atoms with E-state index >= 15 is 0 Å². The van der Waals surface area contributed by atoms with E-state index in [1.165, 1.54) is 25.7 Å². The molecular formula is C15H26N4. The van der Waals surface area contributed by atoms with Crippen molar-refractivity contribution in [3.05, 3.63) is 11.9 Å². The first kappa shape index (κ1) is 14.1. The molecule has 1 aromatic rings. The number of hydrogen-bond donors (Lipinski definition) is 2. The van der Waals surface area contributed by atoms with Crippen molar-refractivity contribution in [2.24, 2.45) is 5.41 Å². The maximum Gasteiger partial charge on any atom is 0.133 e. The first-order chi connectivity index (χ1) is 9.15. The van der Waals surface area contributed by atoms with E-state index in [1.54, 1.807) is 0 Å². The molecule has 1 fully saturated rings. The molecule has 1 aliphatic carbocycles. The van der Waals surface area contributed by atoms with Crippen LogP contribution in [0.25, 0.3) is 0 Å². The molecule has 1 heterocycles. The van der Waals surface area contributed by atoms with Crippen molar-refractivity contribution >= 4 is 11.6 Å². The van der Waals surface area contributed by atoms with Crippen molar-refractivity contribution in [3.63, 3.8) is 0 Å². The number of anilines is 2. The summed E-state index contributed by atoms with van der Waals surface area (Å²) in [6, 6.07) is 2.00. The van der Waals surface area contributed by atoms with Crippen LogP contribution in [0.4, 0.5) is 11.6 Å². The summed E-state index contributed by atoms with van der Waals surface area (Å²) in [6.07, 6.45) is 7.39. The van der Waals surface area contributed by atoms with E-state index in [0.29, 0.717) is 5.41 Å². The number of nitrogens with zero attached hydrogens (tertiary/aromatic N) is 2. The second-order valence-corrected chi connectivity index (χ2v) is 5.93. The molecule has 4 nitrogen and oxygen atoms in total. The van der Waals surface area contributed by atoms with Gasteiger partial charge in [-0.2, -0.15) is 0 Å². The molecule has 0 bridgehead atoms. The summed E-state index contributed by atoms with van der Waals surface area (Å²) in [5.41, 5.74) is 0.440. The van der Waals surface area contributed by atoms with Gasteiger partial charge >= 0.3 is 0 Å². The van der Waals surface area contributed by atoms with Crippen LogP contribution in [0.3, 0.4) is 0 Å². The Bertz CT molecular complexity index is 411. The average molecular weight is 262 g/mol. The maximum atomic E-state index is 4.60. The second-order valence-electron chi connectivity index (χ2n) is 5.93. The second kappa shape index (κ2) is 6.22. The monoisotopic (exact) mass is 262 g/mol. The minimum atomic E-state index is 0.440. The summed E-state index contributed by atoms with van der Waals surface area (Å²) in [7, 11) is 1.90. The zero-order chi connectivity index (χ0) is 13.7. The van der Waals surface area contributed by atoms with Gasteiger partial charge in [-0.3, -0.25) is 0 Å². The van der Waals surface area contributed by atoms with E-state index in [1.807, 2.05) is 13.1 Å². The number of aryl methyl sites for hydroxylation is 1. The summed E-state index contributed by atoms with van der Waals surface area (Å²) in [4.78, 5) is 9.08. The molecule has 0 radical (unpaired) electrons. The largest absolute Gasteiger partial charge is 0.373 e. The Kier molecular flexibility index (Phi) is 4.61. The third kappa shape index (κ3) is 3.82. The molecule has 1 saturated carbocycles. The van der Waals surface area contributed by atoms with Crippen LogP contribution in [0.5, 0.6) is 0 Å². The summed E-state index contributed by atoms with van der Waals surface area (Å²) in [5.74, 6) is 2.78. The van der Waals surface area contributed by atoms with Crippen LogP contribution in [0, 0.1) is 5.41 Å². The van der Waals surface area contributed by atoms with E-state index < -0.39 is 0 Å². The summed E-state index contributed by atoms with van der Waals surface area (Å²) in [5, 5.41) is 6.62. The maximum absolute atomic E-state index is 4.60. The highest BCUT2D eigenvalue weighted by molar-refractivity contribution is 5.47. The summed E-state index contributed by atoms with van der Waals surface area (Å²) >= 11 is 0. The zero-order valence-corrected chi connectivity index (χ0v) is 12.4. The van der Waals surface area contributed by atoms with E-state index in [0.717, 1.165) is 36.8 Å². The molecule has 2 rings (SSSR count). The molecule has 0 amide bonds. The standard InChI is InChI=1S/C15H26N4/c1-4-7-12-18-13(16-3)10-14(19-12)17-11-15(2)8-5-6-9-15/h10H,4-9,11H2,1-3H3,(H2,16,17,18,19). The van der Waals surface area contributed by atoms with Crippen LogP contribution in [-0.4, -0.2) is 23.6 Å². The molecule has 0 atom stereocenters. The van der Waals surface area contributed by atoms with Crippen molar-refractivity contribution in [2.75, 3.05) is 24.2 Å². The molecular weight excluding hydrogens is 236 g/mol. The Morgan fingerprint density at radius 2 is 1.89 bits per heavy atom. The lowest BCUT2D eigenvalue weighted by molar-refractivity contribution is 0.361. The van der Waals surface area contributed by atoms with Crippen LogP contribution >= 0.6 is 0 Å². The van der Waals surface area contributed by atoms with Gasteiger partial charge in [0, 0.05) is 26.1 Å². The van der Waals surface area contributed by atoms with Crippen molar-refractivity contribution in [2.45, 2.75) is 52.4 Å². The average Bonchev–Trinajstić information content (AvgIpc) is 2.84. The Morgan fingerprint density at radius 3 is 2.53 bits per heavy atom. The highest BCUT2D eigenvalue weighted by atomic mass is 15.1. The van der Waals surface area contributed by atoms with Gasteiger partial charge in [0.25, 0.3) is 0 Å². The molecule has 1 aromatic heterocycles. The van der Waals surface area contributed by atoms with E-state index in [-0.39, 0.29) is 0 Å². The topological polar surface area (TPSA) is 49.8 Å². The van der Waals surface area contributed by atoms with Gasteiger partial charge in [-0.1, -0.05) is 26.7 Å². The number of hydrogen-bond acceptors (Lipinski definition) is 4. The van der Waals surface area contributed by atoms with Gasteiger partial charge in [-0.25, -0.2) is 9.97 Å². The van der Waals surface area contributed by atoms with Gasteiger partial charge in [-0.15, -0.1) is 0 Å². The Morgan fingerprint density at radius 1 is 1.21 bits per heavy atom. The van der Waals surface area contributed by atoms with Crippen LogP contribution in [-0.2, 0) is 6.42 Å². The van der Waals surface area contributed by atoms with Crippen LogP contribution in [0.2, 0.25) is 0 Å². The fraction of sp³-hybridized carbons (Fsp3) is 0.733. The van der Waals surface area contributed by atoms with Gasteiger partial charge in [0.1, 0.15) is 17.5 Å². The predicted octanol–water partition coefficient (Wildman–Crippen LogP) is 3.46. The molecule has 0 saturated heterocycles. The minimum Gasteiger partial charge on any atom is -0.373 e. The molecule has 0 unspecified atom stereocenters. The first-order valence-corrected chi connectivity index (χ1v) is 7.45. The molecule has 2 N–H and O–H groups in total. The third-order valence-corrected chi connectivity index (χ3v) is 4.01. The summed E-state index contributed by atoms with van der Waals surface area (Å²) in [6.45, 7) is 5.54. The van der Waals surface area contributed by atoms with Gasteiger partial charge in [0.15, 0.2) is 0 Å². The molecule has 4 heteroatoms. The van der Waals surface area contributed by atoms with Crippen molar-refractivity contribution in [3.8, 4) is 0 Å². The van der Waals surface area contributed by atoms with Gasteiger partial charge in [0.2, 0.25) is 0 Å². The van der Waals surface area contributed by atoms with Gasteiger partial charge < -0.3 is 10.6 Å². The Balaban J connectivity index is 2.04. The van der Waals surface area contributed by atoms with Crippen molar-refractivity contribution in [1.29, 1.82) is 0 Å². The van der Waals surface area contributed by atoms with Crippen LogP contribution in [0.1, 0.15) is 51.8 Å². The van der Waals surface area contributed by atoms with Crippen molar-refractivity contribution in [1.82, 2.24) is 9.97 Å². The molecule has 106 valence electrons. The van der Waals surface area contributed by atoms with Crippen molar-refractivity contribution < 1.29 is 0 Å². The first-order valence-electron chi connectivity index (χ1n) is 7.45. The molecule has 0 spiro atoms. The third-order valence-electron chi connectivity index (χ3n) is 4.01. The van der Waals surface area contributed by atoms with E-state index in [2.05, 4.69) is 34.4 Å². The molecule has 19 heavy (non-hydrogen) atoms. The van der Waals surface area contributed by atoms with E-state index in [9.17, 15) is 0 Å². The normalized spacial score (nSPS) is 17.4. The Labute approximate surface area is 116 Å². The lowest BCUT2D eigenvalue weighted by Gasteiger charge is -2.24. The molecule has 1 aliphatic rings. The lowest BCUT2D eigenvalue weighted by atomic mass is 9.89. The quantitative estimate of drug-likeness (QED) is 0.824. The number of nitrogens with one attached hydrogen (secondary N) is 2. The smallest absolute Gasteiger partial charge is 0.133 e. The van der Waals surface area contributed by atoms with Gasteiger partial charge in [-0.05, 0) is 24.7 Å². The fourth-order valence-electron chi connectivity index (χ4n) is 2.76. The van der Waals surface area contributed by atoms with Crippen LogP contribution in [0.15, 0.2) is 6.07 Å². The zero-order valence-electron chi connectivity index (χ0n) is 12.4. The highest BCUT2D eigenvalue weighted by Gasteiger charge is 2.28. The minimum absolute atomic E-state index is 0.440. The number of rotatable bonds is 6. The molecule has 0 aromatic carbocycles. The number of aromatic nitrogens is 2. The predicted molar refractivity (Wildman–Crippen MR) is 80.6 cm³/mol. The lowest BCUT2D eigenvalue weighted by Crippen LogP contribution is -2.23. The Hall–Kier alpha value is -1.32. The highest BCUT2D eigenvalue weighted by Crippen LogP contribution is 2.37. The fourth-order valence-corrected chi connectivity index (χ4v) is 2.76. The SMILES string of the molecule is CCCc1nc(NC)cc(NCC2(C)CCCC2)n1. The molecule has 0 aliphatic heterocycles. The van der Waals surface area contributed by atoms with Gasteiger partial charge in [0.05, 0.1) is 0 Å². The van der Waals surface area contributed by atoms with E-state index in [4.69, 9.17) is 0 Å².